The van der Waals surface area contributed by atoms with Gasteiger partial charge < -0.3 is 9.47 Å². The molecule has 0 aromatic heterocycles. The average Bonchev–Trinajstić information content (AvgIpc) is 2.69. The predicted octanol–water partition coefficient (Wildman–Crippen LogP) is 4.80. The largest absolute Gasteiger partial charge is 0.491 e. The fraction of sp³-hybridized carbons (Fsp3) is 0.227. The van der Waals surface area contributed by atoms with Crippen LogP contribution in [-0.4, -0.2) is 19.5 Å². The Morgan fingerprint density at radius 2 is 1.81 bits per heavy atom. The molecule has 0 N–H and O–H groups in total. The van der Waals surface area contributed by atoms with Crippen LogP contribution in [0.4, 0.5) is 0 Å². The number of allylic oxidation sites excluding steroid dienone is 4. The molecule has 1 aliphatic rings. The second kappa shape index (κ2) is 8.84. The minimum atomic E-state index is -0.700. The molecule has 0 fully saturated rings. The number of rotatable bonds is 8. The Hall–Kier alpha value is -2.36. The lowest BCUT2D eigenvalue weighted by molar-refractivity contribution is -0.104. The van der Waals surface area contributed by atoms with Gasteiger partial charge in [-0.1, -0.05) is 66.8 Å². The zero-order valence-corrected chi connectivity index (χ0v) is 15.2. The van der Waals surface area contributed by atoms with Crippen LogP contribution in [0.25, 0.3) is 0 Å². The van der Waals surface area contributed by atoms with Crippen molar-refractivity contribution in [3.8, 4) is 5.75 Å². The molecule has 1 unspecified atom stereocenters. The van der Waals surface area contributed by atoms with E-state index in [0.717, 1.165) is 23.2 Å². The minimum Gasteiger partial charge on any atom is -0.491 e. The summed E-state index contributed by atoms with van der Waals surface area (Å²) in [6, 6.07) is 17.8. The molecule has 0 heterocycles. The maximum absolute atomic E-state index is 10.9. The molecule has 0 bridgehead atoms. The monoisotopic (exact) mass is 368 g/mol. The molecule has 1 atom stereocenters. The van der Waals surface area contributed by atoms with Crippen molar-refractivity contribution in [2.24, 2.45) is 0 Å². The van der Waals surface area contributed by atoms with E-state index in [4.69, 9.17) is 21.1 Å². The summed E-state index contributed by atoms with van der Waals surface area (Å²) in [6.07, 6.45) is 6.83. The third-order valence-electron chi connectivity index (χ3n) is 4.24. The van der Waals surface area contributed by atoms with E-state index in [-0.39, 0.29) is 0 Å². The van der Waals surface area contributed by atoms with Crippen molar-refractivity contribution in [2.75, 3.05) is 13.2 Å². The van der Waals surface area contributed by atoms with Gasteiger partial charge in [-0.3, -0.25) is 4.79 Å². The highest BCUT2D eigenvalue weighted by Gasteiger charge is 2.30. The van der Waals surface area contributed by atoms with Gasteiger partial charge in [0.15, 0.2) is 0 Å². The first-order valence-corrected chi connectivity index (χ1v) is 8.96. The zero-order chi connectivity index (χ0) is 18.2. The molecule has 0 radical (unpaired) electrons. The lowest BCUT2D eigenvalue weighted by Gasteiger charge is -2.27. The maximum Gasteiger partial charge on any atom is 0.149 e. The van der Waals surface area contributed by atoms with Gasteiger partial charge in [0.05, 0.1) is 18.1 Å². The number of aldehydes is 1. The molecule has 3 rings (SSSR count). The van der Waals surface area contributed by atoms with Crippen LogP contribution in [0.3, 0.4) is 0 Å². The molecule has 4 heteroatoms. The fourth-order valence-electron chi connectivity index (χ4n) is 2.83. The summed E-state index contributed by atoms with van der Waals surface area (Å²) in [4.78, 5) is 10.2. The van der Waals surface area contributed by atoms with E-state index in [1.54, 1.807) is 6.08 Å². The van der Waals surface area contributed by atoms with Crippen molar-refractivity contribution in [3.63, 3.8) is 0 Å². The van der Waals surface area contributed by atoms with Crippen LogP contribution in [0.15, 0.2) is 78.4 Å². The summed E-state index contributed by atoms with van der Waals surface area (Å²) in [7, 11) is 0. The molecule has 0 saturated heterocycles. The Balaban J connectivity index is 1.57. The molecule has 0 amide bonds. The Morgan fingerprint density at radius 1 is 1.04 bits per heavy atom. The number of hydrogen-bond acceptors (Lipinski definition) is 3. The SMILES string of the molecule is O=CC1=CCC(Cl)(c2ccccc2OCCOCc2ccccc2)C=C1. The highest BCUT2D eigenvalue weighted by Crippen LogP contribution is 2.42. The van der Waals surface area contributed by atoms with Crippen molar-refractivity contribution >= 4 is 17.9 Å². The molecule has 0 saturated carbocycles. The van der Waals surface area contributed by atoms with Gasteiger partial charge in [-0.2, -0.15) is 0 Å². The van der Waals surface area contributed by atoms with Crippen molar-refractivity contribution in [1.82, 2.24) is 0 Å². The number of ether oxygens (including phenoxy) is 2. The predicted molar refractivity (Wildman–Crippen MR) is 103 cm³/mol. The summed E-state index contributed by atoms with van der Waals surface area (Å²) in [5.41, 5.74) is 2.67. The van der Waals surface area contributed by atoms with Gasteiger partial charge in [0.25, 0.3) is 0 Å². The number of hydrogen-bond donors (Lipinski definition) is 0. The summed E-state index contributed by atoms with van der Waals surface area (Å²) in [6.45, 7) is 1.49. The summed E-state index contributed by atoms with van der Waals surface area (Å²) < 4.78 is 11.6. The number of benzene rings is 2. The standard InChI is InChI=1S/C22H21ClO3/c23-22(12-10-18(16-24)11-13-22)20-8-4-5-9-21(20)26-15-14-25-17-19-6-2-1-3-7-19/h1-12,16H,13-15,17H2. The van der Waals surface area contributed by atoms with E-state index in [1.165, 1.54) is 0 Å². The molecular weight excluding hydrogens is 348 g/mol. The highest BCUT2D eigenvalue weighted by molar-refractivity contribution is 6.26. The van der Waals surface area contributed by atoms with Crippen LogP contribution >= 0.6 is 11.6 Å². The van der Waals surface area contributed by atoms with Crippen LogP contribution in [0.1, 0.15) is 17.5 Å². The summed E-state index contributed by atoms with van der Waals surface area (Å²) in [5, 5.41) is 0. The Kier molecular flexibility index (Phi) is 6.26. The minimum absolute atomic E-state index is 0.440. The van der Waals surface area contributed by atoms with Crippen LogP contribution in [0.5, 0.6) is 5.75 Å². The molecule has 2 aromatic carbocycles. The van der Waals surface area contributed by atoms with Crippen LogP contribution in [0, 0.1) is 0 Å². The van der Waals surface area contributed by atoms with Crippen molar-refractivity contribution in [2.45, 2.75) is 17.9 Å². The van der Waals surface area contributed by atoms with Crippen molar-refractivity contribution in [1.29, 1.82) is 0 Å². The third kappa shape index (κ3) is 4.63. The van der Waals surface area contributed by atoms with E-state index >= 15 is 0 Å². The molecule has 3 nitrogen and oxygen atoms in total. The Bertz CT molecular complexity index is 798. The van der Waals surface area contributed by atoms with Gasteiger partial charge in [0.2, 0.25) is 0 Å². The molecule has 134 valence electrons. The van der Waals surface area contributed by atoms with Gasteiger partial charge >= 0.3 is 0 Å². The van der Waals surface area contributed by atoms with E-state index in [9.17, 15) is 4.79 Å². The first-order chi connectivity index (χ1) is 12.7. The molecule has 1 aliphatic carbocycles. The lowest BCUT2D eigenvalue weighted by Crippen LogP contribution is -2.19. The molecular formula is C22H21ClO3. The van der Waals surface area contributed by atoms with Crippen molar-refractivity contribution in [3.05, 3.63) is 89.5 Å². The van der Waals surface area contributed by atoms with E-state index in [1.807, 2.05) is 66.7 Å². The number of halogens is 1. The van der Waals surface area contributed by atoms with Crippen LogP contribution in [0.2, 0.25) is 0 Å². The highest BCUT2D eigenvalue weighted by atomic mass is 35.5. The van der Waals surface area contributed by atoms with Gasteiger partial charge in [-0.15, -0.1) is 11.6 Å². The number of alkyl halides is 1. The number of carbonyl (C=O) groups is 1. The van der Waals surface area contributed by atoms with E-state index in [0.29, 0.717) is 31.8 Å². The van der Waals surface area contributed by atoms with E-state index in [2.05, 4.69) is 0 Å². The zero-order valence-electron chi connectivity index (χ0n) is 14.4. The maximum atomic E-state index is 10.9. The Labute approximate surface area is 158 Å². The first-order valence-electron chi connectivity index (χ1n) is 8.59. The fourth-order valence-corrected chi connectivity index (χ4v) is 3.12. The second-order valence-corrected chi connectivity index (χ2v) is 6.78. The first kappa shape index (κ1) is 18.4. The number of carbonyl (C=O) groups excluding carboxylic acids is 1. The van der Waals surface area contributed by atoms with Gasteiger partial charge in [-0.05, 0) is 18.1 Å². The van der Waals surface area contributed by atoms with Gasteiger partial charge in [0, 0.05) is 11.1 Å². The quantitative estimate of drug-likeness (QED) is 0.381. The van der Waals surface area contributed by atoms with E-state index < -0.39 is 4.87 Å². The average molecular weight is 369 g/mol. The topological polar surface area (TPSA) is 35.5 Å². The molecule has 0 spiro atoms. The Morgan fingerprint density at radius 3 is 2.54 bits per heavy atom. The second-order valence-electron chi connectivity index (χ2n) is 6.10. The van der Waals surface area contributed by atoms with Crippen LogP contribution in [-0.2, 0) is 21.0 Å². The van der Waals surface area contributed by atoms with Crippen molar-refractivity contribution < 1.29 is 14.3 Å². The smallest absolute Gasteiger partial charge is 0.149 e. The number of para-hydroxylation sites is 1. The third-order valence-corrected chi connectivity index (χ3v) is 4.73. The summed E-state index contributed by atoms with van der Waals surface area (Å²) in [5.74, 6) is 0.735. The summed E-state index contributed by atoms with van der Waals surface area (Å²) >= 11 is 6.79. The molecule has 0 aliphatic heterocycles. The lowest BCUT2D eigenvalue weighted by atomic mass is 9.89. The van der Waals surface area contributed by atoms with Gasteiger partial charge in [0.1, 0.15) is 18.6 Å². The molecule has 26 heavy (non-hydrogen) atoms. The van der Waals surface area contributed by atoms with Crippen LogP contribution < -0.4 is 4.74 Å². The normalized spacial score (nSPS) is 19.0. The van der Waals surface area contributed by atoms with Gasteiger partial charge in [-0.25, -0.2) is 0 Å². The molecule has 2 aromatic rings.